The molecule has 5 rings (SSSR count). The van der Waals surface area contributed by atoms with E-state index in [-0.39, 0.29) is 28.9 Å². The molecule has 0 N–H and O–H groups in total. The maximum atomic E-state index is 15.1. The molecular weight excluding hydrogens is 542 g/mol. The second-order valence-electron chi connectivity index (χ2n) is 9.91. The number of nitrogens with zero attached hydrogens (tertiary/aromatic N) is 1. The highest BCUT2D eigenvalue weighted by Crippen LogP contribution is 2.36. The fourth-order valence-electron chi connectivity index (χ4n) is 5.03. The van der Waals surface area contributed by atoms with E-state index in [4.69, 9.17) is 13.9 Å². The third-order valence-corrected chi connectivity index (χ3v) is 6.99. The van der Waals surface area contributed by atoms with Crippen molar-refractivity contribution in [3.05, 3.63) is 93.6 Å². The molecule has 1 aliphatic heterocycles. The molecule has 0 aliphatic carbocycles. The zero-order chi connectivity index (χ0) is 29.1. The van der Waals surface area contributed by atoms with Gasteiger partial charge in [-0.05, 0) is 79.9 Å². The molecule has 1 fully saturated rings. The van der Waals surface area contributed by atoms with Gasteiger partial charge in [0.1, 0.15) is 29.5 Å². The fourth-order valence-corrected chi connectivity index (χ4v) is 5.03. The van der Waals surface area contributed by atoms with E-state index < -0.39 is 29.2 Å². The van der Waals surface area contributed by atoms with E-state index in [9.17, 15) is 22.8 Å². The van der Waals surface area contributed by atoms with Gasteiger partial charge in [0.25, 0.3) is 0 Å². The molecule has 0 bridgehead atoms. The Morgan fingerprint density at radius 1 is 0.976 bits per heavy atom. The lowest BCUT2D eigenvalue weighted by Crippen LogP contribution is -2.25. The average Bonchev–Trinajstić information content (AvgIpc) is 3.43. The van der Waals surface area contributed by atoms with Crippen LogP contribution in [-0.2, 0) is 17.4 Å². The van der Waals surface area contributed by atoms with Crippen LogP contribution in [-0.4, -0.2) is 37.1 Å². The van der Waals surface area contributed by atoms with Crippen LogP contribution in [0.5, 0.6) is 11.5 Å². The van der Waals surface area contributed by atoms with E-state index in [1.165, 1.54) is 31.9 Å². The molecule has 0 unspecified atom stereocenters. The van der Waals surface area contributed by atoms with Crippen molar-refractivity contribution in [3.63, 3.8) is 0 Å². The Labute approximate surface area is 233 Å². The second kappa shape index (κ2) is 11.7. The number of alkyl halides is 3. The number of likely N-dealkylation sites (tertiary alicyclic amines) is 1. The Bertz CT molecular complexity index is 1620. The topological polar surface area (TPSA) is 69.0 Å². The summed E-state index contributed by atoms with van der Waals surface area (Å²) >= 11 is 0. The Kier molecular flexibility index (Phi) is 8.12. The van der Waals surface area contributed by atoms with Gasteiger partial charge in [0, 0.05) is 30.5 Å². The largest absolute Gasteiger partial charge is 0.492 e. The lowest BCUT2D eigenvalue weighted by atomic mass is 9.92. The molecule has 1 aromatic heterocycles. The van der Waals surface area contributed by atoms with Crippen LogP contribution in [0.4, 0.5) is 17.6 Å². The number of carbonyl (C=O) groups is 1. The van der Waals surface area contributed by atoms with Crippen molar-refractivity contribution in [1.29, 1.82) is 0 Å². The number of hydrogen-bond acceptors (Lipinski definition) is 6. The Balaban J connectivity index is 1.51. The number of hydrogen-bond donors (Lipinski definition) is 0. The number of fused-ring (bicyclic) bond motifs is 1. The zero-order valence-corrected chi connectivity index (χ0v) is 22.2. The molecule has 4 aromatic rings. The summed E-state index contributed by atoms with van der Waals surface area (Å²) in [7, 11) is 0. The highest BCUT2D eigenvalue weighted by molar-refractivity contribution is 5.89. The highest BCUT2D eigenvalue weighted by atomic mass is 19.4. The van der Waals surface area contributed by atoms with Crippen molar-refractivity contribution in [2.75, 3.05) is 26.2 Å². The van der Waals surface area contributed by atoms with Gasteiger partial charge in [-0.1, -0.05) is 18.2 Å². The van der Waals surface area contributed by atoms with E-state index in [0.717, 1.165) is 37.3 Å². The first-order valence-corrected chi connectivity index (χ1v) is 13.2. The zero-order valence-electron chi connectivity index (χ0n) is 22.2. The minimum Gasteiger partial charge on any atom is -0.492 e. The van der Waals surface area contributed by atoms with Crippen LogP contribution in [0.25, 0.3) is 22.1 Å². The third-order valence-electron chi connectivity index (χ3n) is 6.99. The number of halogens is 4. The highest BCUT2D eigenvalue weighted by Gasteiger charge is 2.32. The van der Waals surface area contributed by atoms with Gasteiger partial charge < -0.3 is 13.9 Å². The number of benzene rings is 3. The van der Waals surface area contributed by atoms with Crippen molar-refractivity contribution < 1.29 is 36.2 Å². The third kappa shape index (κ3) is 6.59. The van der Waals surface area contributed by atoms with Gasteiger partial charge in [-0.2, -0.15) is 13.2 Å². The molecular formula is C31H27F4NO5. The second-order valence-corrected chi connectivity index (χ2v) is 9.91. The Hall–Kier alpha value is -4.18. The molecule has 0 saturated carbocycles. The molecule has 0 atom stereocenters. The SMILES string of the molecule is CC(=O)Oc1ccc2c(Cc3ccc(OCCN4CCCC4)cc3)c(-c3ccc(C(F)(F)F)cc3F)c(=O)oc2c1. The van der Waals surface area contributed by atoms with Crippen molar-refractivity contribution in [3.8, 4) is 22.6 Å². The standard InChI is InChI=1S/C31H27F4NO5/c1-19(37)40-23-9-11-24-26(16-20-4-7-22(8-5-20)39-15-14-36-12-2-3-13-36)29(30(38)41-28(24)18-23)25-10-6-21(17-27(25)32)31(33,34)35/h4-11,17-18H,2-3,12-16H2,1H3. The van der Waals surface area contributed by atoms with Crippen molar-refractivity contribution in [1.82, 2.24) is 4.90 Å². The monoisotopic (exact) mass is 569 g/mol. The maximum absolute atomic E-state index is 15.1. The van der Waals surface area contributed by atoms with Gasteiger partial charge in [-0.15, -0.1) is 0 Å². The van der Waals surface area contributed by atoms with Crippen molar-refractivity contribution >= 4 is 16.9 Å². The molecule has 6 nitrogen and oxygen atoms in total. The van der Waals surface area contributed by atoms with E-state index >= 15 is 4.39 Å². The molecule has 214 valence electrons. The summed E-state index contributed by atoms with van der Waals surface area (Å²) in [5.41, 5.74) is -1.41. The summed E-state index contributed by atoms with van der Waals surface area (Å²) < 4.78 is 71.0. The lowest BCUT2D eigenvalue weighted by Gasteiger charge is -2.16. The molecule has 3 aromatic carbocycles. The molecule has 2 heterocycles. The summed E-state index contributed by atoms with van der Waals surface area (Å²) in [6.45, 7) is 4.76. The summed E-state index contributed by atoms with van der Waals surface area (Å²) in [5, 5.41) is 0.417. The summed E-state index contributed by atoms with van der Waals surface area (Å²) in [5.74, 6) is -0.961. The first-order valence-electron chi connectivity index (χ1n) is 13.2. The van der Waals surface area contributed by atoms with Gasteiger partial charge in [0.2, 0.25) is 0 Å². The van der Waals surface area contributed by atoms with Crippen LogP contribution in [0, 0.1) is 5.82 Å². The molecule has 10 heteroatoms. The molecule has 0 spiro atoms. The van der Waals surface area contributed by atoms with Crippen LogP contribution in [0.15, 0.2) is 69.9 Å². The van der Waals surface area contributed by atoms with Crippen LogP contribution >= 0.6 is 0 Å². The quantitative estimate of drug-likeness (QED) is 0.103. The summed E-state index contributed by atoms with van der Waals surface area (Å²) in [6.07, 6.45) is -2.21. The van der Waals surface area contributed by atoms with E-state index in [0.29, 0.717) is 29.4 Å². The van der Waals surface area contributed by atoms with Gasteiger partial charge in [-0.3, -0.25) is 9.69 Å². The van der Waals surface area contributed by atoms with Crippen molar-refractivity contribution in [2.24, 2.45) is 0 Å². The van der Waals surface area contributed by atoms with Gasteiger partial charge in [0.05, 0.1) is 11.1 Å². The van der Waals surface area contributed by atoms with Crippen LogP contribution in [0.1, 0.15) is 36.5 Å². The fraction of sp³-hybridized carbons (Fsp3) is 0.290. The normalized spacial score (nSPS) is 14.0. The van der Waals surface area contributed by atoms with Crippen molar-refractivity contribution in [2.45, 2.75) is 32.4 Å². The first kappa shape index (κ1) is 28.4. The minimum absolute atomic E-state index is 0.0849. The first-order chi connectivity index (χ1) is 19.6. The van der Waals surface area contributed by atoms with Gasteiger partial charge >= 0.3 is 17.8 Å². The van der Waals surface area contributed by atoms with Crippen LogP contribution in [0.3, 0.4) is 0 Å². The molecule has 0 amide bonds. The van der Waals surface area contributed by atoms with Gasteiger partial charge in [-0.25, -0.2) is 9.18 Å². The van der Waals surface area contributed by atoms with E-state index in [1.807, 2.05) is 12.1 Å². The number of carbonyl (C=O) groups excluding carboxylic acids is 1. The minimum atomic E-state index is -4.75. The molecule has 1 saturated heterocycles. The smallest absolute Gasteiger partial charge is 0.416 e. The predicted octanol–water partition coefficient (Wildman–Crippen LogP) is 6.61. The van der Waals surface area contributed by atoms with Gasteiger partial charge in [0.15, 0.2) is 0 Å². The Morgan fingerprint density at radius 3 is 2.34 bits per heavy atom. The number of ether oxygens (including phenoxy) is 2. The number of esters is 1. The molecule has 41 heavy (non-hydrogen) atoms. The van der Waals surface area contributed by atoms with Crippen LogP contribution < -0.4 is 15.1 Å². The Morgan fingerprint density at radius 2 is 1.68 bits per heavy atom. The summed E-state index contributed by atoms with van der Waals surface area (Å²) in [4.78, 5) is 27.0. The van der Waals surface area contributed by atoms with Crippen LogP contribution in [0.2, 0.25) is 0 Å². The van der Waals surface area contributed by atoms with E-state index in [2.05, 4.69) is 4.90 Å². The average molecular weight is 570 g/mol. The maximum Gasteiger partial charge on any atom is 0.416 e. The predicted molar refractivity (Wildman–Crippen MR) is 145 cm³/mol. The lowest BCUT2D eigenvalue weighted by molar-refractivity contribution is -0.137. The molecule has 1 aliphatic rings. The summed E-state index contributed by atoms with van der Waals surface area (Å²) in [6, 6.07) is 13.7. The number of rotatable bonds is 8. The molecule has 0 radical (unpaired) electrons. The van der Waals surface area contributed by atoms with E-state index in [1.54, 1.807) is 18.2 Å².